The summed E-state index contributed by atoms with van der Waals surface area (Å²) >= 11 is 4.01. The Morgan fingerprint density at radius 1 is 1.24 bits per heavy atom. The molecule has 0 fully saturated rings. The predicted octanol–water partition coefficient (Wildman–Crippen LogP) is 3.70. The molecule has 25 heavy (non-hydrogen) atoms. The third-order valence-electron chi connectivity index (χ3n) is 4.21. The first kappa shape index (κ1) is 19.0. The summed E-state index contributed by atoms with van der Waals surface area (Å²) in [5, 5.41) is 0.820. The van der Waals surface area contributed by atoms with Crippen LogP contribution in [0, 0.1) is 3.57 Å². The molecule has 0 saturated carbocycles. The van der Waals surface area contributed by atoms with Crippen molar-refractivity contribution in [1.82, 2.24) is 19.5 Å². The summed E-state index contributed by atoms with van der Waals surface area (Å²) in [6.07, 6.45) is 5.03. The summed E-state index contributed by atoms with van der Waals surface area (Å²) in [4.78, 5) is 14.2. The smallest absolute Gasteiger partial charge is 0.676 e. The molecule has 3 aromatic rings. The van der Waals surface area contributed by atoms with Crippen molar-refractivity contribution in [2.24, 2.45) is 0 Å². The topological polar surface area (TPSA) is 93.4 Å². The van der Waals surface area contributed by atoms with Crippen LogP contribution in [-0.2, 0) is 39.2 Å². The van der Waals surface area contributed by atoms with Crippen LogP contribution in [-0.4, -0.2) is 26.1 Å². The first-order valence-electron chi connectivity index (χ1n) is 7.78. The minimum Gasteiger partial charge on any atom is -0.676 e. The van der Waals surface area contributed by atoms with Crippen molar-refractivity contribution >= 4 is 51.3 Å². The third-order valence-corrected chi connectivity index (χ3v) is 6.52. The summed E-state index contributed by atoms with van der Waals surface area (Å²) in [7, 11) is 0. The number of nitrogens with one attached hydrogen (secondary N) is 1. The Balaban J connectivity index is 0.00000182. The van der Waals surface area contributed by atoms with Gasteiger partial charge in [-0.15, -0.1) is 6.54 Å². The largest absolute Gasteiger partial charge is 1.00 e. The number of imidazole rings is 1. The van der Waals surface area contributed by atoms with Gasteiger partial charge < -0.3 is 16.0 Å². The molecule has 4 rings (SSSR count). The van der Waals surface area contributed by atoms with Crippen molar-refractivity contribution < 1.29 is 19.8 Å². The maximum Gasteiger partial charge on any atom is 1.00 e. The molecule has 9 heteroatoms. The van der Waals surface area contributed by atoms with Crippen LogP contribution in [0.15, 0.2) is 28.5 Å². The van der Waals surface area contributed by atoms with Crippen LogP contribution < -0.4 is 5.73 Å². The average molecular weight is 642 g/mol. The van der Waals surface area contributed by atoms with Crippen LogP contribution in [0.2, 0.25) is 0 Å². The van der Waals surface area contributed by atoms with Gasteiger partial charge in [0.1, 0.15) is 6.33 Å². The van der Waals surface area contributed by atoms with Crippen molar-refractivity contribution in [1.29, 1.82) is 0 Å². The molecule has 0 spiro atoms. The number of aryl methyl sites for hydroxylation is 2. The van der Waals surface area contributed by atoms with E-state index in [2.05, 4.69) is 49.7 Å². The monoisotopic (exact) mass is 643 g/mol. The zero-order chi connectivity index (χ0) is 16.7. The molecule has 0 saturated heterocycles. The Labute approximate surface area is 176 Å². The molecule has 1 radical (unpaired) electrons. The first-order chi connectivity index (χ1) is 11.7. The predicted molar refractivity (Wildman–Crippen MR) is 104 cm³/mol. The summed E-state index contributed by atoms with van der Waals surface area (Å²) in [5.74, 6) is 0.384. The molecule has 0 aliphatic heterocycles. The zero-order valence-corrected chi connectivity index (χ0v) is 18.8. The standard InChI is InChI=1S/C16H16IN6S.Os/c17-11-6-9-2-1-3-10(9)7-12(11)24-16-22-13-14(19)20-8-21-15(13)23(16)5-4-18;/h6-8,18H,1-5H2,(H2,19,20,21);/q-1;+1. The van der Waals surface area contributed by atoms with Gasteiger partial charge in [-0.1, -0.05) is 11.8 Å². The van der Waals surface area contributed by atoms with Gasteiger partial charge in [-0.2, -0.15) is 0 Å². The van der Waals surface area contributed by atoms with E-state index in [0.717, 1.165) is 11.6 Å². The molecule has 1 aliphatic carbocycles. The fraction of sp³-hybridized carbons (Fsp3) is 0.312. The van der Waals surface area contributed by atoms with Crippen molar-refractivity contribution in [3.8, 4) is 0 Å². The number of halogens is 1. The molecule has 2 heterocycles. The van der Waals surface area contributed by atoms with Crippen LogP contribution in [0.25, 0.3) is 16.9 Å². The summed E-state index contributed by atoms with van der Waals surface area (Å²) in [6, 6.07) is 4.57. The Kier molecular flexibility index (Phi) is 5.98. The van der Waals surface area contributed by atoms with Crippen molar-refractivity contribution in [2.45, 2.75) is 35.9 Å². The SMILES string of the molecule is [NH-]CCn1c(Sc2cc3c(cc2I)CCC3)nc2c(N)ncnc21.[Os+]. The normalized spacial score (nSPS) is 13.0. The average Bonchev–Trinajstić information content (AvgIpc) is 3.14. The molecule has 1 aliphatic rings. The van der Waals surface area contributed by atoms with Gasteiger partial charge in [-0.05, 0) is 65.1 Å². The number of benzene rings is 1. The van der Waals surface area contributed by atoms with Gasteiger partial charge in [0.2, 0.25) is 0 Å². The van der Waals surface area contributed by atoms with E-state index in [4.69, 9.17) is 11.5 Å². The molecule has 3 N–H and O–H groups in total. The molecule has 0 atom stereocenters. The second-order valence-electron chi connectivity index (χ2n) is 5.73. The van der Waals surface area contributed by atoms with Gasteiger partial charge in [-0.3, -0.25) is 0 Å². The van der Waals surface area contributed by atoms with E-state index >= 15 is 0 Å². The maximum absolute atomic E-state index is 7.59. The van der Waals surface area contributed by atoms with Crippen LogP contribution in [0.3, 0.4) is 0 Å². The number of fused-ring (bicyclic) bond motifs is 2. The van der Waals surface area contributed by atoms with Gasteiger partial charge in [-0.25, -0.2) is 15.0 Å². The van der Waals surface area contributed by atoms with Crippen molar-refractivity contribution in [3.05, 3.63) is 38.9 Å². The van der Waals surface area contributed by atoms with Gasteiger partial charge in [0.25, 0.3) is 0 Å². The van der Waals surface area contributed by atoms with Crippen LogP contribution in [0.1, 0.15) is 17.5 Å². The number of hydrogen-bond donors (Lipinski definition) is 1. The number of nitrogens with two attached hydrogens (primary N) is 1. The Morgan fingerprint density at radius 3 is 2.76 bits per heavy atom. The minimum absolute atomic E-state index is 0. The second-order valence-corrected chi connectivity index (χ2v) is 7.91. The molecular weight excluding hydrogens is 625 g/mol. The quantitative estimate of drug-likeness (QED) is 0.439. The van der Waals surface area contributed by atoms with Crippen LogP contribution >= 0.6 is 34.4 Å². The van der Waals surface area contributed by atoms with E-state index < -0.39 is 0 Å². The fourth-order valence-corrected chi connectivity index (χ4v) is 4.91. The van der Waals surface area contributed by atoms with E-state index in [1.165, 1.54) is 38.8 Å². The maximum atomic E-state index is 7.59. The molecule has 2 aromatic heterocycles. The molecule has 0 unspecified atom stereocenters. The fourth-order valence-electron chi connectivity index (χ4n) is 3.07. The van der Waals surface area contributed by atoms with E-state index in [1.54, 1.807) is 11.8 Å². The summed E-state index contributed by atoms with van der Waals surface area (Å²) in [6.45, 7) is 0.807. The minimum atomic E-state index is 0. The summed E-state index contributed by atoms with van der Waals surface area (Å²) < 4.78 is 3.20. The van der Waals surface area contributed by atoms with Crippen molar-refractivity contribution in [3.63, 3.8) is 0 Å². The van der Waals surface area contributed by atoms with Gasteiger partial charge in [0, 0.05) is 15.0 Å². The van der Waals surface area contributed by atoms with Crippen LogP contribution in [0.4, 0.5) is 5.82 Å². The van der Waals surface area contributed by atoms with Crippen LogP contribution in [0.5, 0.6) is 0 Å². The molecular formula is C16H16IN6OsS. The van der Waals surface area contributed by atoms with E-state index in [1.807, 2.05) is 4.57 Å². The molecule has 6 nitrogen and oxygen atoms in total. The number of hydrogen-bond acceptors (Lipinski definition) is 5. The first-order valence-corrected chi connectivity index (χ1v) is 9.67. The third kappa shape index (κ3) is 3.57. The van der Waals surface area contributed by atoms with E-state index in [9.17, 15) is 0 Å². The number of anilines is 1. The molecule has 1 aromatic carbocycles. The number of rotatable bonds is 4. The number of nitrogens with zero attached hydrogens (tertiary/aromatic N) is 4. The molecule has 0 amide bonds. The second kappa shape index (κ2) is 7.86. The van der Waals surface area contributed by atoms with Gasteiger partial charge in [0.05, 0.1) is 0 Å². The van der Waals surface area contributed by atoms with E-state index in [-0.39, 0.29) is 26.3 Å². The molecule has 131 valence electrons. The van der Waals surface area contributed by atoms with Gasteiger partial charge >= 0.3 is 19.8 Å². The van der Waals surface area contributed by atoms with E-state index in [0.29, 0.717) is 23.5 Å². The number of aromatic nitrogens is 4. The zero-order valence-electron chi connectivity index (χ0n) is 13.3. The molecule has 0 bridgehead atoms. The number of nitrogen functional groups attached to an aromatic ring is 1. The van der Waals surface area contributed by atoms with Gasteiger partial charge in [0.15, 0.2) is 22.1 Å². The Bertz CT molecular complexity index is 929. The Hall–Kier alpha value is -0.754. The summed E-state index contributed by atoms with van der Waals surface area (Å²) in [5.41, 5.74) is 17.8. The van der Waals surface area contributed by atoms with Crippen molar-refractivity contribution in [2.75, 3.05) is 12.3 Å². The Morgan fingerprint density at radius 2 is 2.00 bits per heavy atom.